The summed E-state index contributed by atoms with van der Waals surface area (Å²) >= 11 is 0. The summed E-state index contributed by atoms with van der Waals surface area (Å²) in [6, 6.07) is 20.2. The Balaban J connectivity index is 1.77. The van der Waals surface area contributed by atoms with Crippen molar-refractivity contribution in [1.29, 1.82) is 0 Å². The molecule has 0 spiro atoms. The number of fused-ring (bicyclic) bond motifs is 1. The summed E-state index contributed by atoms with van der Waals surface area (Å²) in [5.74, 6) is 0.482. The molecule has 0 amide bonds. The second-order valence-corrected chi connectivity index (χ2v) is 6.48. The van der Waals surface area contributed by atoms with Crippen LogP contribution in [0.15, 0.2) is 66.9 Å². The SMILES string of the molecule is Cc1c(CO)c2cnnc(OCc3ccccc3)c2n1Cc1ccccc1. The number of hydrogen-bond acceptors (Lipinski definition) is 4. The van der Waals surface area contributed by atoms with Crippen molar-refractivity contribution in [2.24, 2.45) is 0 Å². The summed E-state index contributed by atoms with van der Waals surface area (Å²) < 4.78 is 8.16. The summed E-state index contributed by atoms with van der Waals surface area (Å²) in [5, 5.41) is 19.1. The Morgan fingerprint density at radius 3 is 2.30 bits per heavy atom. The fraction of sp³-hybridized carbons (Fsp3) is 0.182. The van der Waals surface area contributed by atoms with Crippen molar-refractivity contribution < 1.29 is 9.84 Å². The number of rotatable bonds is 6. The average molecular weight is 359 g/mol. The van der Waals surface area contributed by atoms with Crippen LogP contribution in [-0.2, 0) is 19.8 Å². The van der Waals surface area contributed by atoms with Gasteiger partial charge >= 0.3 is 0 Å². The van der Waals surface area contributed by atoms with E-state index in [1.165, 1.54) is 5.56 Å². The Morgan fingerprint density at radius 1 is 0.963 bits per heavy atom. The van der Waals surface area contributed by atoms with Crippen molar-refractivity contribution in [3.8, 4) is 5.88 Å². The molecule has 0 saturated heterocycles. The molecule has 0 saturated carbocycles. The summed E-state index contributed by atoms with van der Waals surface area (Å²) in [6.07, 6.45) is 1.70. The van der Waals surface area contributed by atoms with Gasteiger partial charge in [0.1, 0.15) is 12.1 Å². The normalized spacial score (nSPS) is 11.0. The second kappa shape index (κ2) is 7.60. The third-order valence-electron chi connectivity index (χ3n) is 4.79. The number of ether oxygens (including phenoxy) is 1. The lowest BCUT2D eigenvalue weighted by Crippen LogP contribution is -2.05. The summed E-state index contributed by atoms with van der Waals surface area (Å²) in [7, 11) is 0. The molecule has 0 aliphatic rings. The maximum Gasteiger partial charge on any atom is 0.258 e. The summed E-state index contributed by atoms with van der Waals surface area (Å²) in [5.41, 5.74) is 4.96. The smallest absolute Gasteiger partial charge is 0.258 e. The first-order chi connectivity index (χ1) is 13.3. The van der Waals surface area contributed by atoms with Crippen LogP contribution in [0.3, 0.4) is 0 Å². The zero-order valence-corrected chi connectivity index (χ0v) is 15.2. The van der Waals surface area contributed by atoms with Crippen molar-refractivity contribution in [3.63, 3.8) is 0 Å². The van der Waals surface area contributed by atoms with E-state index >= 15 is 0 Å². The molecule has 0 fully saturated rings. The molecule has 1 N–H and O–H groups in total. The van der Waals surface area contributed by atoms with Gasteiger partial charge in [0, 0.05) is 23.2 Å². The van der Waals surface area contributed by atoms with Gasteiger partial charge in [-0.1, -0.05) is 60.7 Å². The molecule has 136 valence electrons. The highest BCUT2D eigenvalue weighted by Crippen LogP contribution is 2.31. The molecule has 0 radical (unpaired) electrons. The van der Waals surface area contributed by atoms with Crippen LogP contribution in [-0.4, -0.2) is 19.9 Å². The predicted octanol–water partition coefficient (Wildman–Crippen LogP) is 3.86. The number of aromatic nitrogens is 3. The maximum absolute atomic E-state index is 9.89. The van der Waals surface area contributed by atoms with Gasteiger partial charge in [0.05, 0.1) is 12.8 Å². The Hall–Kier alpha value is -3.18. The minimum absolute atomic E-state index is 0.0477. The summed E-state index contributed by atoms with van der Waals surface area (Å²) in [6.45, 7) is 3.05. The molecule has 0 aliphatic heterocycles. The van der Waals surface area contributed by atoms with Crippen LogP contribution < -0.4 is 4.74 Å². The fourth-order valence-electron chi connectivity index (χ4n) is 3.36. The first-order valence-electron chi connectivity index (χ1n) is 8.92. The van der Waals surface area contributed by atoms with Gasteiger partial charge in [-0.3, -0.25) is 0 Å². The van der Waals surface area contributed by atoms with Crippen LogP contribution in [0.4, 0.5) is 0 Å². The largest absolute Gasteiger partial charge is 0.470 e. The van der Waals surface area contributed by atoms with Crippen LogP contribution in [0.2, 0.25) is 0 Å². The Labute approximate surface area is 157 Å². The van der Waals surface area contributed by atoms with Gasteiger partial charge in [-0.2, -0.15) is 5.10 Å². The van der Waals surface area contributed by atoms with Crippen LogP contribution in [0, 0.1) is 6.92 Å². The molecule has 2 aromatic carbocycles. The highest BCUT2D eigenvalue weighted by Gasteiger charge is 2.19. The third-order valence-corrected chi connectivity index (χ3v) is 4.79. The summed E-state index contributed by atoms with van der Waals surface area (Å²) in [4.78, 5) is 0. The molecule has 0 unspecified atom stereocenters. The van der Waals surface area contributed by atoms with E-state index in [4.69, 9.17) is 4.74 Å². The van der Waals surface area contributed by atoms with Crippen LogP contribution in [0.1, 0.15) is 22.4 Å². The maximum atomic E-state index is 9.89. The quantitative estimate of drug-likeness (QED) is 0.568. The molecule has 0 atom stereocenters. The first-order valence-corrected chi connectivity index (χ1v) is 8.92. The standard InChI is InChI=1S/C22H21N3O2/c1-16-20(14-26)19-12-23-24-22(27-15-18-10-6-3-7-11-18)21(19)25(16)13-17-8-4-2-5-9-17/h2-12,26H,13-15H2,1H3. The minimum atomic E-state index is -0.0477. The van der Waals surface area contributed by atoms with Gasteiger partial charge in [0.25, 0.3) is 5.88 Å². The molecular formula is C22H21N3O2. The van der Waals surface area contributed by atoms with Gasteiger partial charge in [0.2, 0.25) is 0 Å². The number of hydrogen-bond donors (Lipinski definition) is 1. The zero-order valence-electron chi connectivity index (χ0n) is 15.2. The Kier molecular flexibility index (Phi) is 4.85. The highest BCUT2D eigenvalue weighted by atomic mass is 16.5. The van der Waals surface area contributed by atoms with E-state index < -0.39 is 0 Å². The Morgan fingerprint density at radius 2 is 1.63 bits per heavy atom. The van der Waals surface area contributed by atoms with E-state index in [0.717, 1.165) is 27.7 Å². The molecule has 0 aliphatic carbocycles. The number of nitrogens with zero attached hydrogens (tertiary/aromatic N) is 3. The zero-order chi connectivity index (χ0) is 18.6. The molecule has 27 heavy (non-hydrogen) atoms. The fourth-order valence-corrected chi connectivity index (χ4v) is 3.36. The molecule has 5 nitrogen and oxygen atoms in total. The first kappa shape index (κ1) is 17.2. The van der Waals surface area contributed by atoms with Crippen molar-refractivity contribution in [2.45, 2.75) is 26.7 Å². The number of aliphatic hydroxyl groups is 1. The molecule has 4 aromatic rings. The Bertz CT molecular complexity index is 1040. The van der Waals surface area contributed by atoms with E-state index in [1.54, 1.807) is 6.20 Å². The molecule has 2 aromatic heterocycles. The van der Waals surface area contributed by atoms with E-state index in [1.807, 2.05) is 55.5 Å². The number of aliphatic hydroxyl groups excluding tert-OH is 1. The lowest BCUT2D eigenvalue weighted by molar-refractivity contribution is 0.282. The van der Waals surface area contributed by atoms with Crippen molar-refractivity contribution in [2.75, 3.05) is 0 Å². The van der Waals surface area contributed by atoms with Gasteiger partial charge in [-0.25, -0.2) is 0 Å². The third kappa shape index (κ3) is 3.41. The van der Waals surface area contributed by atoms with Crippen molar-refractivity contribution >= 4 is 10.9 Å². The second-order valence-electron chi connectivity index (χ2n) is 6.48. The van der Waals surface area contributed by atoms with Gasteiger partial charge in [-0.15, -0.1) is 5.10 Å². The van der Waals surface area contributed by atoms with E-state index in [2.05, 4.69) is 26.9 Å². The molecular weight excluding hydrogens is 338 g/mol. The van der Waals surface area contributed by atoms with Crippen LogP contribution >= 0.6 is 0 Å². The molecule has 5 heteroatoms. The van der Waals surface area contributed by atoms with E-state index in [0.29, 0.717) is 19.0 Å². The molecule has 2 heterocycles. The van der Waals surface area contributed by atoms with Gasteiger partial charge in [-0.05, 0) is 18.1 Å². The monoisotopic (exact) mass is 359 g/mol. The molecule has 4 rings (SSSR count). The van der Waals surface area contributed by atoms with E-state index in [-0.39, 0.29) is 6.61 Å². The minimum Gasteiger partial charge on any atom is -0.470 e. The highest BCUT2D eigenvalue weighted by molar-refractivity contribution is 5.88. The molecule has 0 bridgehead atoms. The lowest BCUT2D eigenvalue weighted by atomic mass is 10.2. The lowest BCUT2D eigenvalue weighted by Gasteiger charge is -2.12. The van der Waals surface area contributed by atoms with E-state index in [9.17, 15) is 5.11 Å². The van der Waals surface area contributed by atoms with Gasteiger partial charge in [0.15, 0.2) is 0 Å². The predicted molar refractivity (Wildman–Crippen MR) is 105 cm³/mol. The topological polar surface area (TPSA) is 60.2 Å². The van der Waals surface area contributed by atoms with Crippen molar-refractivity contribution in [3.05, 3.63) is 89.2 Å². The van der Waals surface area contributed by atoms with Crippen LogP contribution in [0.25, 0.3) is 10.9 Å². The van der Waals surface area contributed by atoms with Gasteiger partial charge < -0.3 is 14.4 Å². The number of benzene rings is 2. The van der Waals surface area contributed by atoms with Crippen LogP contribution in [0.5, 0.6) is 5.88 Å². The average Bonchev–Trinajstić information content (AvgIpc) is 2.99. The van der Waals surface area contributed by atoms with Crippen molar-refractivity contribution in [1.82, 2.24) is 14.8 Å².